The summed E-state index contributed by atoms with van der Waals surface area (Å²) in [6, 6.07) is 8.96. The molecule has 0 bridgehead atoms. The molecule has 0 atom stereocenters. The van der Waals surface area contributed by atoms with E-state index in [0.717, 1.165) is 24.3 Å². The zero-order valence-electron chi connectivity index (χ0n) is 15.6. The van der Waals surface area contributed by atoms with Crippen LogP contribution in [0.4, 0.5) is 32.0 Å². The number of aryl methyl sites for hydroxylation is 1. The lowest BCUT2D eigenvalue weighted by molar-refractivity contribution is -0.274. The minimum absolute atomic E-state index is 0.0182. The van der Waals surface area contributed by atoms with Crippen molar-refractivity contribution in [3.05, 3.63) is 65.9 Å². The average Bonchev–Trinajstić information content (AvgIpc) is 3.15. The Morgan fingerprint density at radius 1 is 0.968 bits per heavy atom. The maximum Gasteiger partial charge on any atom is 0.573 e. The van der Waals surface area contributed by atoms with Crippen molar-refractivity contribution in [1.82, 2.24) is 5.16 Å². The van der Waals surface area contributed by atoms with E-state index in [4.69, 9.17) is 4.52 Å². The minimum Gasteiger partial charge on any atom is -0.406 e. The second-order valence-corrected chi connectivity index (χ2v) is 6.38. The molecule has 0 aliphatic rings. The molecule has 0 aliphatic carbocycles. The van der Waals surface area contributed by atoms with Crippen LogP contribution in [0.3, 0.4) is 0 Å². The van der Waals surface area contributed by atoms with Gasteiger partial charge in [-0.1, -0.05) is 17.3 Å². The average molecular weight is 444 g/mol. The van der Waals surface area contributed by atoms with Crippen molar-refractivity contribution in [3.8, 4) is 17.1 Å². The summed E-state index contributed by atoms with van der Waals surface area (Å²) in [7, 11) is 0. The van der Waals surface area contributed by atoms with Gasteiger partial charge in [-0.3, -0.25) is 4.79 Å². The van der Waals surface area contributed by atoms with Crippen LogP contribution >= 0.6 is 0 Å². The van der Waals surface area contributed by atoms with Crippen molar-refractivity contribution in [2.75, 3.05) is 5.32 Å². The largest absolute Gasteiger partial charge is 0.573 e. The predicted molar refractivity (Wildman–Crippen MR) is 97.0 cm³/mol. The molecule has 0 spiro atoms. The molecule has 1 aromatic heterocycles. The molecule has 0 unspecified atom stereocenters. The number of benzene rings is 2. The highest BCUT2D eigenvalue weighted by Gasteiger charge is 2.31. The number of carbonyl (C=O) groups is 1. The highest BCUT2D eigenvalue weighted by molar-refractivity contribution is 5.91. The van der Waals surface area contributed by atoms with Crippen LogP contribution in [0.15, 0.2) is 59.3 Å². The normalized spacial score (nSPS) is 11.9. The van der Waals surface area contributed by atoms with Crippen LogP contribution in [0.1, 0.15) is 17.5 Å². The number of ether oxygens (including phenoxy) is 1. The SMILES string of the molecule is O=C(CCc1cnoc1-c1ccc(C(F)(F)F)cc1)Nc1ccc(OC(F)(F)F)cc1. The van der Waals surface area contributed by atoms with Gasteiger partial charge in [0.2, 0.25) is 5.91 Å². The third-order valence-electron chi connectivity index (χ3n) is 4.11. The summed E-state index contributed by atoms with van der Waals surface area (Å²) in [5.41, 5.74) is 0.362. The first kappa shape index (κ1) is 22.2. The van der Waals surface area contributed by atoms with Gasteiger partial charge in [0.15, 0.2) is 5.76 Å². The number of anilines is 1. The molecule has 0 aliphatic heterocycles. The van der Waals surface area contributed by atoms with E-state index in [0.29, 0.717) is 11.1 Å². The molecule has 0 saturated carbocycles. The summed E-state index contributed by atoms with van der Waals surface area (Å²) in [5.74, 6) is -0.601. The molecular weight excluding hydrogens is 430 g/mol. The van der Waals surface area contributed by atoms with E-state index in [2.05, 4.69) is 15.2 Å². The van der Waals surface area contributed by atoms with Crippen molar-refractivity contribution >= 4 is 11.6 Å². The number of nitrogens with one attached hydrogen (secondary N) is 1. The molecule has 1 N–H and O–H groups in total. The van der Waals surface area contributed by atoms with Gasteiger partial charge in [-0.05, 0) is 42.8 Å². The second kappa shape index (κ2) is 8.70. The molecule has 11 heteroatoms. The fraction of sp³-hybridized carbons (Fsp3) is 0.200. The van der Waals surface area contributed by atoms with Crippen molar-refractivity contribution < 1.29 is 40.4 Å². The smallest absolute Gasteiger partial charge is 0.406 e. The van der Waals surface area contributed by atoms with Gasteiger partial charge in [-0.25, -0.2) is 0 Å². The first-order valence-corrected chi connectivity index (χ1v) is 8.78. The first-order valence-electron chi connectivity index (χ1n) is 8.78. The predicted octanol–water partition coefficient (Wildman–Crippen LogP) is 5.83. The molecule has 31 heavy (non-hydrogen) atoms. The van der Waals surface area contributed by atoms with Gasteiger partial charge in [0, 0.05) is 23.2 Å². The lowest BCUT2D eigenvalue weighted by Crippen LogP contribution is -2.17. The second-order valence-electron chi connectivity index (χ2n) is 6.38. The van der Waals surface area contributed by atoms with Crippen LogP contribution in [0.5, 0.6) is 5.75 Å². The zero-order valence-corrected chi connectivity index (χ0v) is 15.6. The van der Waals surface area contributed by atoms with E-state index in [1.54, 1.807) is 0 Å². The van der Waals surface area contributed by atoms with Gasteiger partial charge >= 0.3 is 12.5 Å². The summed E-state index contributed by atoms with van der Waals surface area (Å²) < 4.78 is 83.4. The van der Waals surface area contributed by atoms with Gasteiger partial charge in [0.05, 0.1) is 11.8 Å². The van der Waals surface area contributed by atoms with Crippen molar-refractivity contribution in [1.29, 1.82) is 0 Å². The zero-order chi connectivity index (χ0) is 22.6. The van der Waals surface area contributed by atoms with Crippen molar-refractivity contribution in [3.63, 3.8) is 0 Å². The van der Waals surface area contributed by atoms with Crippen LogP contribution in [0.25, 0.3) is 11.3 Å². The standard InChI is InChI=1S/C20H14F6N2O3/c21-19(22,23)14-4-1-12(2-5-14)18-13(11-27-31-18)3-10-17(29)28-15-6-8-16(9-7-15)30-20(24,25)26/h1-2,4-9,11H,3,10H2,(H,28,29). The molecule has 0 saturated heterocycles. The van der Waals surface area contributed by atoms with Crippen molar-refractivity contribution in [2.45, 2.75) is 25.4 Å². The van der Waals surface area contributed by atoms with Crippen LogP contribution in [-0.4, -0.2) is 17.4 Å². The summed E-state index contributed by atoms with van der Waals surface area (Å²) in [6.45, 7) is 0. The number of amides is 1. The maximum atomic E-state index is 12.7. The molecule has 3 aromatic rings. The lowest BCUT2D eigenvalue weighted by atomic mass is 10.0. The number of aromatic nitrogens is 1. The number of carbonyl (C=O) groups excluding carboxylic acids is 1. The monoisotopic (exact) mass is 444 g/mol. The molecule has 0 radical (unpaired) electrons. The van der Waals surface area contributed by atoms with Crippen LogP contribution in [-0.2, 0) is 17.4 Å². The van der Waals surface area contributed by atoms with Gasteiger partial charge in [0.1, 0.15) is 5.75 Å². The third kappa shape index (κ3) is 6.24. The first-order chi connectivity index (χ1) is 14.5. The molecule has 5 nitrogen and oxygen atoms in total. The van der Waals surface area contributed by atoms with E-state index < -0.39 is 29.8 Å². The summed E-state index contributed by atoms with van der Waals surface area (Å²) >= 11 is 0. The quantitative estimate of drug-likeness (QED) is 0.486. The third-order valence-corrected chi connectivity index (χ3v) is 4.11. The molecule has 1 heterocycles. The van der Waals surface area contributed by atoms with Gasteiger partial charge in [0.25, 0.3) is 0 Å². The Labute approximate surface area is 171 Å². The highest BCUT2D eigenvalue weighted by Crippen LogP contribution is 2.32. The Kier molecular flexibility index (Phi) is 6.23. The Morgan fingerprint density at radius 2 is 1.61 bits per heavy atom. The van der Waals surface area contributed by atoms with E-state index in [1.807, 2.05) is 0 Å². The Bertz CT molecular complexity index is 1020. The molecule has 0 fully saturated rings. The number of hydrogen-bond acceptors (Lipinski definition) is 4. The Hall–Kier alpha value is -3.50. The Balaban J connectivity index is 1.59. The maximum absolute atomic E-state index is 12.7. The van der Waals surface area contributed by atoms with Gasteiger partial charge in [-0.15, -0.1) is 13.2 Å². The minimum atomic E-state index is -4.81. The number of nitrogens with zero attached hydrogens (tertiary/aromatic N) is 1. The highest BCUT2D eigenvalue weighted by atomic mass is 19.4. The van der Waals surface area contributed by atoms with Crippen molar-refractivity contribution in [2.24, 2.45) is 0 Å². The molecule has 3 rings (SSSR count). The number of alkyl halides is 6. The fourth-order valence-corrected chi connectivity index (χ4v) is 2.70. The lowest BCUT2D eigenvalue weighted by Gasteiger charge is -2.10. The fourth-order valence-electron chi connectivity index (χ4n) is 2.70. The number of hydrogen-bond donors (Lipinski definition) is 1. The molecular formula is C20H14F6N2O3. The van der Waals surface area contributed by atoms with Gasteiger partial charge in [-0.2, -0.15) is 13.2 Å². The Morgan fingerprint density at radius 3 is 2.19 bits per heavy atom. The summed E-state index contributed by atoms with van der Waals surface area (Å²) in [4.78, 5) is 12.1. The molecule has 164 valence electrons. The van der Waals surface area contributed by atoms with Gasteiger partial charge < -0.3 is 14.6 Å². The van der Waals surface area contributed by atoms with E-state index in [-0.39, 0.29) is 24.3 Å². The number of rotatable bonds is 6. The van der Waals surface area contributed by atoms with E-state index in [9.17, 15) is 31.1 Å². The van der Waals surface area contributed by atoms with Crippen LogP contribution in [0, 0.1) is 0 Å². The summed E-state index contributed by atoms with van der Waals surface area (Å²) in [5, 5.41) is 6.16. The molecule has 2 aromatic carbocycles. The topological polar surface area (TPSA) is 64.4 Å². The van der Waals surface area contributed by atoms with Crippen LogP contribution < -0.4 is 10.1 Å². The summed E-state index contributed by atoms with van der Waals surface area (Å²) in [6.07, 6.45) is -7.74. The van der Waals surface area contributed by atoms with E-state index >= 15 is 0 Å². The number of halogens is 6. The van der Waals surface area contributed by atoms with Crippen LogP contribution in [0.2, 0.25) is 0 Å². The molecule has 1 amide bonds. The van der Waals surface area contributed by atoms with E-state index in [1.165, 1.54) is 30.5 Å².